The highest BCUT2D eigenvalue weighted by Crippen LogP contribution is 2.50. The van der Waals surface area contributed by atoms with E-state index in [1.165, 1.54) is 5.56 Å². The molecule has 4 rings (SSSR count). The highest BCUT2D eigenvalue weighted by atomic mass is 35.5. The van der Waals surface area contributed by atoms with Gasteiger partial charge < -0.3 is 9.64 Å². The van der Waals surface area contributed by atoms with Gasteiger partial charge >= 0.3 is 0 Å². The molecule has 160 valence electrons. The number of nitrogens with zero attached hydrogens (tertiary/aromatic N) is 1. The normalized spacial score (nSPS) is 19.6. The second kappa shape index (κ2) is 8.22. The molecule has 0 spiro atoms. The number of anilines is 1. The van der Waals surface area contributed by atoms with Gasteiger partial charge in [0, 0.05) is 21.7 Å². The fraction of sp³-hybridized carbons (Fsp3) is 0.269. The Hall–Kier alpha value is -2.49. The molecule has 1 atom stereocenters. The number of hydrogen-bond acceptors (Lipinski definition) is 2. The van der Waals surface area contributed by atoms with Crippen LogP contribution < -0.4 is 9.64 Å². The molecule has 3 nitrogen and oxygen atoms in total. The van der Waals surface area contributed by atoms with Crippen LogP contribution in [-0.4, -0.2) is 18.1 Å². The maximum Gasteiger partial charge on any atom is 0.265 e. The summed E-state index contributed by atoms with van der Waals surface area (Å²) in [6.07, 6.45) is 0.786. The summed E-state index contributed by atoms with van der Waals surface area (Å²) < 4.78 is 5.77. The SMILES string of the molecule is CC1(C)C[C@](C)(c2ccccc2)c2ccccc2N1C(=O)COc1ccc(Cl)cc1Cl. The summed E-state index contributed by atoms with van der Waals surface area (Å²) in [5.74, 6) is 0.329. The summed E-state index contributed by atoms with van der Waals surface area (Å²) >= 11 is 12.2. The van der Waals surface area contributed by atoms with Crippen molar-refractivity contribution in [2.75, 3.05) is 11.5 Å². The third-order valence-corrected chi connectivity index (χ3v) is 6.57. The van der Waals surface area contributed by atoms with E-state index in [1.807, 2.05) is 29.2 Å². The van der Waals surface area contributed by atoms with E-state index in [-0.39, 0.29) is 17.9 Å². The fourth-order valence-corrected chi connectivity index (χ4v) is 5.30. The molecule has 0 fully saturated rings. The topological polar surface area (TPSA) is 29.5 Å². The zero-order valence-electron chi connectivity index (χ0n) is 17.9. The molecule has 5 heteroatoms. The van der Waals surface area contributed by atoms with Crippen molar-refractivity contribution < 1.29 is 9.53 Å². The summed E-state index contributed by atoms with van der Waals surface area (Å²) in [6.45, 7) is 6.37. The second-order valence-electron chi connectivity index (χ2n) is 8.80. The molecule has 3 aromatic carbocycles. The van der Waals surface area contributed by atoms with Crippen molar-refractivity contribution in [1.82, 2.24) is 0 Å². The van der Waals surface area contributed by atoms with E-state index in [2.05, 4.69) is 51.1 Å². The average Bonchev–Trinajstić information content (AvgIpc) is 2.73. The van der Waals surface area contributed by atoms with Crippen molar-refractivity contribution in [2.45, 2.75) is 38.1 Å². The summed E-state index contributed by atoms with van der Waals surface area (Å²) in [5, 5.41) is 0.908. The maximum atomic E-state index is 13.4. The highest BCUT2D eigenvalue weighted by molar-refractivity contribution is 6.35. The fourth-order valence-electron chi connectivity index (χ4n) is 4.83. The molecule has 1 aliphatic rings. The number of carbonyl (C=O) groups is 1. The zero-order chi connectivity index (χ0) is 22.2. The van der Waals surface area contributed by atoms with Crippen LogP contribution in [0.25, 0.3) is 0 Å². The third kappa shape index (κ3) is 4.05. The van der Waals surface area contributed by atoms with Crippen LogP contribution >= 0.6 is 23.2 Å². The van der Waals surface area contributed by atoms with E-state index in [4.69, 9.17) is 27.9 Å². The molecule has 0 aliphatic carbocycles. The van der Waals surface area contributed by atoms with Crippen LogP contribution in [0.1, 0.15) is 38.3 Å². The van der Waals surface area contributed by atoms with Gasteiger partial charge in [-0.25, -0.2) is 0 Å². The van der Waals surface area contributed by atoms with Crippen LogP contribution in [-0.2, 0) is 10.2 Å². The monoisotopic (exact) mass is 453 g/mol. The first-order valence-corrected chi connectivity index (χ1v) is 11.0. The smallest absolute Gasteiger partial charge is 0.265 e. The Morgan fingerprint density at radius 2 is 1.65 bits per heavy atom. The number of rotatable bonds is 4. The van der Waals surface area contributed by atoms with Crippen LogP contribution in [0.15, 0.2) is 72.8 Å². The Morgan fingerprint density at radius 1 is 0.968 bits per heavy atom. The molecule has 0 N–H and O–H groups in total. The summed E-state index contributed by atoms with van der Waals surface area (Å²) in [6, 6.07) is 23.6. The Bertz CT molecular complexity index is 1110. The predicted octanol–water partition coefficient (Wildman–Crippen LogP) is 6.89. The Labute approximate surface area is 193 Å². The second-order valence-corrected chi connectivity index (χ2v) is 9.64. The van der Waals surface area contributed by atoms with E-state index in [0.29, 0.717) is 15.8 Å². The Balaban J connectivity index is 1.69. The molecule has 0 saturated carbocycles. The lowest BCUT2D eigenvalue weighted by atomic mass is 9.65. The van der Waals surface area contributed by atoms with Gasteiger partial charge in [-0.2, -0.15) is 0 Å². The third-order valence-electron chi connectivity index (χ3n) is 6.04. The molecule has 31 heavy (non-hydrogen) atoms. The maximum absolute atomic E-state index is 13.4. The van der Waals surface area contributed by atoms with Gasteiger partial charge in [0.2, 0.25) is 0 Å². The molecule has 0 radical (unpaired) electrons. The predicted molar refractivity (Wildman–Crippen MR) is 127 cm³/mol. The first-order valence-electron chi connectivity index (χ1n) is 10.3. The number of hydrogen-bond donors (Lipinski definition) is 0. The van der Waals surface area contributed by atoms with E-state index >= 15 is 0 Å². The summed E-state index contributed by atoms with van der Waals surface area (Å²) in [5.41, 5.74) is 2.67. The van der Waals surface area contributed by atoms with Crippen molar-refractivity contribution >= 4 is 34.8 Å². The number of ether oxygens (including phenoxy) is 1. The molecule has 0 bridgehead atoms. The number of para-hydroxylation sites is 1. The first-order chi connectivity index (χ1) is 14.7. The number of carbonyl (C=O) groups excluding carboxylic acids is 1. The standard InChI is InChI=1S/C26H25Cl2NO2/c1-25(2)17-26(3,18-9-5-4-6-10-18)20-11-7-8-12-22(20)29(25)24(30)16-31-23-14-13-19(27)15-21(23)28/h4-15H,16-17H2,1-3H3/t26-/m1/s1. The minimum atomic E-state index is -0.414. The van der Waals surface area contributed by atoms with Crippen molar-refractivity contribution in [3.8, 4) is 5.75 Å². The van der Waals surface area contributed by atoms with Gasteiger partial charge in [0.15, 0.2) is 6.61 Å². The molecule has 0 aromatic heterocycles. The first kappa shape index (κ1) is 21.7. The molecule has 1 heterocycles. The van der Waals surface area contributed by atoms with Crippen LogP contribution in [0.5, 0.6) is 5.75 Å². The van der Waals surface area contributed by atoms with Crippen LogP contribution in [0.2, 0.25) is 10.0 Å². The zero-order valence-corrected chi connectivity index (χ0v) is 19.4. The van der Waals surface area contributed by atoms with Crippen LogP contribution in [0, 0.1) is 0 Å². The van der Waals surface area contributed by atoms with E-state index in [1.54, 1.807) is 18.2 Å². The lowest BCUT2D eigenvalue weighted by molar-refractivity contribution is -0.121. The molecule has 1 amide bonds. The lowest BCUT2D eigenvalue weighted by Gasteiger charge is -2.51. The summed E-state index contributed by atoms with van der Waals surface area (Å²) in [4.78, 5) is 15.3. The van der Waals surface area contributed by atoms with Gasteiger partial charge in [0.1, 0.15) is 5.75 Å². The van der Waals surface area contributed by atoms with E-state index in [0.717, 1.165) is 17.7 Å². The average molecular weight is 454 g/mol. The van der Waals surface area contributed by atoms with Crippen molar-refractivity contribution in [3.05, 3.63) is 94.0 Å². The summed E-state index contributed by atoms with van der Waals surface area (Å²) in [7, 11) is 0. The van der Waals surface area contributed by atoms with Crippen LogP contribution in [0.3, 0.4) is 0 Å². The molecular weight excluding hydrogens is 429 g/mol. The number of halogens is 2. The molecule has 1 aliphatic heterocycles. The molecular formula is C26H25Cl2NO2. The Kier molecular flexibility index (Phi) is 5.76. The van der Waals surface area contributed by atoms with Crippen LogP contribution in [0.4, 0.5) is 5.69 Å². The molecule has 0 saturated heterocycles. The lowest BCUT2D eigenvalue weighted by Crippen LogP contribution is -2.57. The van der Waals surface area contributed by atoms with Gasteiger partial charge in [-0.3, -0.25) is 4.79 Å². The van der Waals surface area contributed by atoms with Gasteiger partial charge in [-0.15, -0.1) is 0 Å². The molecule has 3 aromatic rings. The number of fused-ring (bicyclic) bond motifs is 1. The number of benzene rings is 3. The van der Waals surface area contributed by atoms with Crippen molar-refractivity contribution in [1.29, 1.82) is 0 Å². The quantitative estimate of drug-likeness (QED) is 0.430. The molecule has 0 unspecified atom stereocenters. The van der Waals surface area contributed by atoms with E-state index < -0.39 is 5.54 Å². The van der Waals surface area contributed by atoms with Crippen molar-refractivity contribution in [3.63, 3.8) is 0 Å². The van der Waals surface area contributed by atoms with Gasteiger partial charge in [-0.05, 0) is 55.7 Å². The largest absolute Gasteiger partial charge is 0.482 e. The minimum absolute atomic E-state index is 0.110. The van der Waals surface area contributed by atoms with Gasteiger partial charge in [0.25, 0.3) is 5.91 Å². The highest BCUT2D eigenvalue weighted by Gasteiger charge is 2.47. The Morgan fingerprint density at radius 3 is 2.35 bits per heavy atom. The van der Waals surface area contributed by atoms with Gasteiger partial charge in [-0.1, -0.05) is 78.7 Å². The minimum Gasteiger partial charge on any atom is -0.482 e. The van der Waals surface area contributed by atoms with Crippen molar-refractivity contribution in [2.24, 2.45) is 0 Å². The van der Waals surface area contributed by atoms with E-state index in [9.17, 15) is 4.79 Å². The number of amides is 1. The van der Waals surface area contributed by atoms with Gasteiger partial charge in [0.05, 0.1) is 5.02 Å².